The van der Waals surface area contributed by atoms with Crippen molar-refractivity contribution in [3.8, 4) is 5.75 Å². The van der Waals surface area contributed by atoms with E-state index in [1.165, 1.54) is 23.9 Å². The predicted molar refractivity (Wildman–Crippen MR) is 138 cm³/mol. The zero-order chi connectivity index (χ0) is 23.7. The second-order valence-corrected chi connectivity index (χ2v) is 10.4. The Labute approximate surface area is 202 Å². The molecular weight excluding hydrogens is 422 g/mol. The molecule has 1 aromatic heterocycles. The molecule has 2 aromatic carbocycles. The molecule has 0 saturated carbocycles. The first-order chi connectivity index (χ1) is 16.4. The highest BCUT2D eigenvalue weighted by Gasteiger charge is 2.41. The van der Waals surface area contributed by atoms with Crippen molar-refractivity contribution in [2.75, 3.05) is 31.6 Å². The highest BCUT2D eigenvalue weighted by Crippen LogP contribution is 2.45. The monoisotopic (exact) mass is 457 g/mol. The molecule has 0 atom stereocenters. The van der Waals surface area contributed by atoms with Gasteiger partial charge in [0.2, 0.25) is 5.91 Å². The highest BCUT2D eigenvalue weighted by molar-refractivity contribution is 6.07. The Hall–Kier alpha value is -2.92. The third-order valence-corrected chi connectivity index (χ3v) is 7.54. The first-order valence-electron chi connectivity index (χ1n) is 12.6. The third-order valence-electron chi connectivity index (χ3n) is 7.54. The Morgan fingerprint density at radius 1 is 1.09 bits per heavy atom. The summed E-state index contributed by atoms with van der Waals surface area (Å²) in [4.78, 5) is 19.8. The summed E-state index contributed by atoms with van der Waals surface area (Å²) in [6, 6.07) is 16.8. The van der Waals surface area contributed by atoms with E-state index in [0.29, 0.717) is 12.5 Å². The van der Waals surface area contributed by atoms with Crippen LogP contribution in [0, 0.1) is 12.8 Å². The molecule has 5 heteroatoms. The lowest BCUT2D eigenvalue weighted by molar-refractivity contribution is -0.119. The number of rotatable bonds is 7. The number of hydrogen-bond donors (Lipinski definition) is 1. The second-order valence-electron chi connectivity index (χ2n) is 10.4. The molecule has 1 fully saturated rings. The first kappa shape index (κ1) is 22.9. The summed E-state index contributed by atoms with van der Waals surface area (Å²) in [7, 11) is 0. The molecule has 2 aliphatic rings. The lowest BCUT2D eigenvalue weighted by Crippen LogP contribution is -2.35. The number of pyridine rings is 1. The molecule has 178 valence electrons. The molecule has 2 aliphatic heterocycles. The average Bonchev–Trinajstić information content (AvgIpc) is 3.09. The molecule has 3 heterocycles. The van der Waals surface area contributed by atoms with Crippen LogP contribution in [-0.2, 0) is 16.6 Å². The molecule has 34 heavy (non-hydrogen) atoms. The van der Waals surface area contributed by atoms with Crippen LogP contribution in [-0.4, -0.2) is 42.0 Å². The summed E-state index contributed by atoms with van der Waals surface area (Å²) in [5, 5.41) is 4.25. The number of amides is 1. The number of likely N-dealkylation sites (tertiary alicyclic amines) is 1. The Kier molecular flexibility index (Phi) is 6.30. The highest BCUT2D eigenvalue weighted by atomic mass is 16.5. The topological polar surface area (TPSA) is 54.5 Å². The van der Waals surface area contributed by atoms with Crippen LogP contribution in [0.3, 0.4) is 0 Å². The molecule has 5 nitrogen and oxygen atoms in total. The maximum absolute atomic E-state index is 12.4. The van der Waals surface area contributed by atoms with Crippen molar-refractivity contribution in [3.63, 3.8) is 0 Å². The van der Waals surface area contributed by atoms with E-state index in [1.54, 1.807) is 0 Å². The van der Waals surface area contributed by atoms with E-state index in [0.717, 1.165) is 60.6 Å². The molecule has 0 unspecified atom stereocenters. The van der Waals surface area contributed by atoms with Gasteiger partial charge >= 0.3 is 0 Å². The van der Waals surface area contributed by atoms with E-state index < -0.39 is 5.41 Å². The summed E-state index contributed by atoms with van der Waals surface area (Å²) < 4.78 is 6.19. The van der Waals surface area contributed by atoms with Crippen molar-refractivity contribution in [3.05, 3.63) is 65.4 Å². The maximum Gasteiger partial charge on any atom is 0.234 e. The van der Waals surface area contributed by atoms with Crippen LogP contribution in [0.5, 0.6) is 5.75 Å². The van der Waals surface area contributed by atoms with Crippen LogP contribution in [0.4, 0.5) is 5.69 Å². The minimum absolute atomic E-state index is 0.0448. The van der Waals surface area contributed by atoms with Crippen molar-refractivity contribution in [2.45, 2.75) is 51.9 Å². The number of carbonyl (C=O) groups excluding carboxylic acids is 1. The molecule has 0 spiro atoms. The summed E-state index contributed by atoms with van der Waals surface area (Å²) in [6.45, 7) is 9.98. The van der Waals surface area contributed by atoms with Crippen LogP contribution in [0.2, 0.25) is 0 Å². The lowest BCUT2D eigenvalue weighted by Gasteiger charge is -2.32. The van der Waals surface area contributed by atoms with Crippen molar-refractivity contribution in [1.82, 2.24) is 9.88 Å². The standard InChI is InChI=1S/C29H35N3O2/c1-20-9-12-25(26-27(20)31-28(33)29(26,2)3)34-18-6-15-32-16-13-21(14-17-32)19-23-11-10-22-7-4-5-8-24(22)30-23/h4-5,7-12,21H,6,13-19H2,1-3H3,(H,31,33). The number of aromatic nitrogens is 1. The molecule has 1 N–H and O–H groups in total. The van der Waals surface area contributed by atoms with Gasteiger partial charge in [-0.2, -0.15) is 0 Å². The number of benzene rings is 2. The SMILES string of the molecule is Cc1ccc(OCCCN2CCC(Cc3ccc4ccccc4n3)CC2)c2c1NC(=O)C2(C)C. The number of hydrogen-bond acceptors (Lipinski definition) is 4. The van der Waals surface area contributed by atoms with Gasteiger partial charge in [-0.05, 0) is 89.2 Å². The summed E-state index contributed by atoms with van der Waals surface area (Å²) in [6.07, 6.45) is 4.51. The molecule has 0 aliphatic carbocycles. The predicted octanol–water partition coefficient (Wildman–Crippen LogP) is 5.50. The van der Waals surface area contributed by atoms with Crippen LogP contribution in [0.1, 0.15) is 49.9 Å². The number of anilines is 1. The Morgan fingerprint density at radius 2 is 1.88 bits per heavy atom. The van der Waals surface area contributed by atoms with E-state index in [4.69, 9.17) is 9.72 Å². The summed E-state index contributed by atoms with van der Waals surface area (Å²) in [5.74, 6) is 1.59. The van der Waals surface area contributed by atoms with Crippen LogP contribution >= 0.6 is 0 Å². The minimum atomic E-state index is -0.557. The van der Waals surface area contributed by atoms with Gasteiger partial charge in [0.25, 0.3) is 0 Å². The van der Waals surface area contributed by atoms with E-state index >= 15 is 0 Å². The van der Waals surface area contributed by atoms with Crippen LogP contribution < -0.4 is 10.1 Å². The van der Waals surface area contributed by atoms with Crippen molar-refractivity contribution >= 4 is 22.5 Å². The van der Waals surface area contributed by atoms with E-state index in [2.05, 4.69) is 46.6 Å². The fraction of sp³-hybridized carbons (Fsp3) is 0.448. The molecule has 1 saturated heterocycles. The fourth-order valence-corrected chi connectivity index (χ4v) is 5.38. The second kappa shape index (κ2) is 9.38. The molecule has 1 amide bonds. The number of aryl methyl sites for hydroxylation is 1. The molecule has 0 radical (unpaired) electrons. The van der Waals surface area contributed by atoms with Gasteiger partial charge in [0, 0.05) is 23.2 Å². The van der Waals surface area contributed by atoms with Gasteiger partial charge in [0.05, 0.1) is 23.2 Å². The number of carbonyl (C=O) groups is 1. The molecule has 5 rings (SSSR count). The summed E-state index contributed by atoms with van der Waals surface area (Å²) >= 11 is 0. The quantitative estimate of drug-likeness (QED) is 0.476. The van der Waals surface area contributed by atoms with Gasteiger partial charge in [-0.1, -0.05) is 30.3 Å². The van der Waals surface area contributed by atoms with Gasteiger partial charge in [-0.3, -0.25) is 9.78 Å². The smallest absolute Gasteiger partial charge is 0.234 e. The summed E-state index contributed by atoms with van der Waals surface area (Å²) in [5.41, 5.74) is 4.77. The number of para-hydroxylation sites is 1. The van der Waals surface area contributed by atoms with E-state index in [-0.39, 0.29) is 5.91 Å². The molecular formula is C29H35N3O2. The Morgan fingerprint density at radius 3 is 2.71 bits per heavy atom. The van der Waals surface area contributed by atoms with Gasteiger partial charge < -0.3 is 15.0 Å². The maximum atomic E-state index is 12.4. The number of fused-ring (bicyclic) bond motifs is 2. The van der Waals surface area contributed by atoms with Crippen molar-refractivity contribution in [1.29, 1.82) is 0 Å². The van der Waals surface area contributed by atoms with E-state index in [9.17, 15) is 4.79 Å². The number of nitrogens with zero attached hydrogens (tertiary/aromatic N) is 2. The Balaban J connectivity index is 1.08. The normalized spacial score (nSPS) is 18.1. The number of ether oxygens (including phenoxy) is 1. The van der Waals surface area contributed by atoms with Crippen molar-refractivity contribution in [2.24, 2.45) is 5.92 Å². The number of piperidine rings is 1. The van der Waals surface area contributed by atoms with Crippen LogP contribution in [0.15, 0.2) is 48.5 Å². The van der Waals surface area contributed by atoms with Gasteiger partial charge in [-0.25, -0.2) is 0 Å². The first-order valence-corrected chi connectivity index (χ1v) is 12.6. The van der Waals surface area contributed by atoms with E-state index in [1.807, 2.05) is 32.9 Å². The lowest BCUT2D eigenvalue weighted by atomic mass is 9.85. The zero-order valence-electron chi connectivity index (χ0n) is 20.6. The fourth-order valence-electron chi connectivity index (χ4n) is 5.38. The zero-order valence-corrected chi connectivity index (χ0v) is 20.6. The Bertz CT molecular complexity index is 1200. The van der Waals surface area contributed by atoms with Crippen LogP contribution in [0.25, 0.3) is 10.9 Å². The largest absolute Gasteiger partial charge is 0.493 e. The molecule has 0 bridgehead atoms. The molecule has 3 aromatic rings. The number of nitrogens with one attached hydrogen (secondary N) is 1. The van der Waals surface area contributed by atoms with Crippen molar-refractivity contribution < 1.29 is 9.53 Å². The average molecular weight is 458 g/mol. The van der Waals surface area contributed by atoms with Gasteiger partial charge in [0.15, 0.2) is 0 Å². The van der Waals surface area contributed by atoms with Gasteiger partial charge in [0.1, 0.15) is 5.75 Å². The van der Waals surface area contributed by atoms with Gasteiger partial charge in [-0.15, -0.1) is 0 Å². The third kappa shape index (κ3) is 4.54. The minimum Gasteiger partial charge on any atom is -0.493 e.